The van der Waals surface area contributed by atoms with E-state index in [0.29, 0.717) is 19.3 Å². The summed E-state index contributed by atoms with van der Waals surface area (Å²) in [5.74, 6) is -1.02. The van der Waals surface area contributed by atoms with Crippen molar-refractivity contribution in [3.8, 4) is 0 Å². The maximum Gasteiger partial charge on any atom is 0.306 e. The first-order valence-corrected chi connectivity index (χ1v) is 26.8. The highest BCUT2D eigenvalue weighted by Gasteiger charge is 2.19. The summed E-state index contributed by atoms with van der Waals surface area (Å²) in [7, 11) is 0. The van der Waals surface area contributed by atoms with Gasteiger partial charge in [-0.25, -0.2) is 0 Å². The largest absolute Gasteiger partial charge is 0.462 e. The molecule has 0 aromatic carbocycles. The third-order valence-corrected chi connectivity index (χ3v) is 10.6. The molecule has 69 heavy (non-hydrogen) atoms. The molecule has 0 rings (SSSR count). The molecule has 1 atom stereocenters. The van der Waals surface area contributed by atoms with Crippen LogP contribution in [-0.4, -0.2) is 37.2 Å². The maximum atomic E-state index is 12.8. The number of carbonyl (C=O) groups is 3. The van der Waals surface area contributed by atoms with Crippen molar-refractivity contribution in [3.63, 3.8) is 0 Å². The Kier molecular flexibility index (Phi) is 51.2. The van der Waals surface area contributed by atoms with Gasteiger partial charge in [-0.2, -0.15) is 0 Å². The van der Waals surface area contributed by atoms with Crippen LogP contribution >= 0.6 is 0 Å². The van der Waals surface area contributed by atoms with E-state index in [9.17, 15) is 14.4 Å². The fourth-order valence-corrected chi connectivity index (χ4v) is 6.64. The van der Waals surface area contributed by atoms with Gasteiger partial charge in [-0.15, -0.1) is 0 Å². The first-order valence-electron chi connectivity index (χ1n) is 26.8. The van der Waals surface area contributed by atoms with Crippen molar-refractivity contribution < 1.29 is 28.6 Å². The number of rotatable bonds is 45. The molecule has 0 fully saturated rings. The molecular formula is C63H94O6. The van der Waals surface area contributed by atoms with Crippen molar-refractivity contribution in [2.45, 2.75) is 194 Å². The number of unbranched alkanes of at least 4 members (excludes halogenated alkanes) is 18. The van der Waals surface area contributed by atoms with Crippen molar-refractivity contribution in [3.05, 3.63) is 170 Å². The highest BCUT2D eigenvalue weighted by molar-refractivity contribution is 5.71. The molecule has 0 heterocycles. The average Bonchev–Trinajstić information content (AvgIpc) is 3.35. The molecule has 6 nitrogen and oxygen atoms in total. The molecule has 0 radical (unpaired) electrons. The van der Waals surface area contributed by atoms with Gasteiger partial charge in [0.25, 0.3) is 0 Å². The van der Waals surface area contributed by atoms with Crippen molar-refractivity contribution in [2.75, 3.05) is 13.2 Å². The topological polar surface area (TPSA) is 78.9 Å². The Hall–Kier alpha value is -5.23. The van der Waals surface area contributed by atoms with Gasteiger partial charge in [-0.3, -0.25) is 14.4 Å². The summed E-state index contributed by atoms with van der Waals surface area (Å²) in [5, 5.41) is 0. The summed E-state index contributed by atoms with van der Waals surface area (Å²) in [6.45, 7) is 6.24. The summed E-state index contributed by atoms with van der Waals surface area (Å²) in [6.07, 6.45) is 81.8. The Bertz CT molecular complexity index is 1650. The minimum atomic E-state index is -0.829. The van der Waals surface area contributed by atoms with E-state index in [2.05, 4.69) is 45.1 Å². The minimum absolute atomic E-state index is 0.119. The minimum Gasteiger partial charge on any atom is -0.462 e. The zero-order chi connectivity index (χ0) is 50.0. The van der Waals surface area contributed by atoms with Gasteiger partial charge in [0.15, 0.2) is 6.10 Å². The van der Waals surface area contributed by atoms with Crippen LogP contribution in [0.4, 0.5) is 0 Å². The van der Waals surface area contributed by atoms with Crippen molar-refractivity contribution in [1.29, 1.82) is 0 Å². The fourth-order valence-electron chi connectivity index (χ4n) is 6.64. The number of carbonyl (C=O) groups excluding carboxylic acids is 3. The van der Waals surface area contributed by atoms with Crippen LogP contribution in [-0.2, 0) is 28.6 Å². The van der Waals surface area contributed by atoms with Crippen LogP contribution in [0, 0.1) is 0 Å². The summed E-state index contributed by atoms with van der Waals surface area (Å²) in [6, 6.07) is 0. The Morgan fingerprint density at radius 3 is 0.884 bits per heavy atom. The average molecular weight is 947 g/mol. The lowest BCUT2D eigenvalue weighted by Crippen LogP contribution is -2.30. The van der Waals surface area contributed by atoms with E-state index in [1.54, 1.807) is 0 Å². The van der Waals surface area contributed by atoms with Gasteiger partial charge >= 0.3 is 17.9 Å². The van der Waals surface area contributed by atoms with Gasteiger partial charge in [0.1, 0.15) is 13.2 Å². The molecule has 0 saturated carbocycles. The van der Waals surface area contributed by atoms with Crippen LogP contribution in [0.5, 0.6) is 0 Å². The van der Waals surface area contributed by atoms with E-state index in [1.165, 1.54) is 64.2 Å². The van der Waals surface area contributed by atoms with Gasteiger partial charge < -0.3 is 14.2 Å². The smallest absolute Gasteiger partial charge is 0.306 e. The fraction of sp³-hybridized carbons (Fsp3) is 0.508. The Labute approximate surface area is 422 Å². The molecule has 0 aliphatic heterocycles. The molecule has 0 spiro atoms. The predicted molar refractivity (Wildman–Crippen MR) is 297 cm³/mol. The zero-order valence-corrected chi connectivity index (χ0v) is 43.5. The van der Waals surface area contributed by atoms with E-state index in [0.717, 1.165) is 70.6 Å². The number of hydrogen-bond acceptors (Lipinski definition) is 6. The molecule has 0 N–H and O–H groups in total. The van der Waals surface area contributed by atoms with E-state index in [4.69, 9.17) is 14.2 Å². The highest BCUT2D eigenvalue weighted by atomic mass is 16.6. The Morgan fingerprint density at radius 1 is 0.304 bits per heavy atom. The highest BCUT2D eigenvalue weighted by Crippen LogP contribution is 2.14. The Balaban J connectivity index is 4.64. The molecule has 0 aliphatic rings. The molecule has 0 bridgehead atoms. The second kappa shape index (κ2) is 55.4. The normalized spacial score (nSPS) is 13.5. The summed E-state index contributed by atoms with van der Waals surface area (Å²) < 4.78 is 16.7. The number of ether oxygens (including phenoxy) is 3. The quantitative estimate of drug-likeness (QED) is 0.0262. The standard InChI is InChI=1S/C63H94O6/c1-4-7-10-13-16-19-22-25-27-29-31-33-35-38-41-44-47-50-53-56-62(65)68-59-60(58-67-61(64)55-52-49-46-43-40-37-24-21-18-15-12-9-6-3)69-63(66)57-54-51-48-45-42-39-36-34-32-30-28-26-23-20-17-14-11-8-5-2/h7-8,10-11,13-14,16-17,19-20,22-23,25-36,38-39,41-42,60H,4-6,9,12,15,18,21,24,37,40,43-59H2,1-3H3/b10-7-,11-8-,16-13-,17-14-,22-19-,23-20-,27-25-,28-26-,31-29+,32-30+,35-33-,36-34-,41-38-,42-39-. The third kappa shape index (κ3) is 53.6. The van der Waals surface area contributed by atoms with Gasteiger partial charge in [0.05, 0.1) is 0 Å². The molecule has 0 aromatic heterocycles. The van der Waals surface area contributed by atoms with Crippen molar-refractivity contribution in [2.24, 2.45) is 0 Å². The predicted octanol–water partition coefficient (Wildman–Crippen LogP) is 18.0. The van der Waals surface area contributed by atoms with Crippen molar-refractivity contribution >= 4 is 17.9 Å². The molecule has 6 heteroatoms. The van der Waals surface area contributed by atoms with Crippen LogP contribution in [0.25, 0.3) is 0 Å². The van der Waals surface area contributed by atoms with E-state index in [-0.39, 0.29) is 44.0 Å². The van der Waals surface area contributed by atoms with Gasteiger partial charge in [0.2, 0.25) is 0 Å². The summed E-state index contributed by atoms with van der Waals surface area (Å²) in [4.78, 5) is 38.1. The van der Waals surface area contributed by atoms with E-state index in [1.807, 2.05) is 146 Å². The number of hydrogen-bond donors (Lipinski definition) is 0. The molecule has 1 unspecified atom stereocenters. The monoisotopic (exact) mass is 947 g/mol. The van der Waals surface area contributed by atoms with Crippen LogP contribution in [0.2, 0.25) is 0 Å². The van der Waals surface area contributed by atoms with Gasteiger partial charge in [0, 0.05) is 19.3 Å². The Morgan fingerprint density at radius 2 is 0.565 bits per heavy atom. The number of allylic oxidation sites excluding steroid dienone is 28. The maximum absolute atomic E-state index is 12.8. The molecule has 0 aromatic rings. The second-order valence-corrected chi connectivity index (χ2v) is 17.0. The number of esters is 3. The lowest BCUT2D eigenvalue weighted by molar-refractivity contribution is -0.167. The first kappa shape index (κ1) is 63.8. The summed E-state index contributed by atoms with van der Waals surface area (Å²) >= 11 is 0. The van der Waals surface area contributed by atoms with Gasteiger partial charge in [-0.1, -0.05) is 281 Å². The summed E-state index contributed by atoms with van der Waals surface area (Å²) in [5.41, 5.74) is 0. The molecule has 382 valence electrons. The van der Waals surface area contributed by atoms with Crippen LogP contribution in [0.1, 0.15) is 188 Å². The molecule has 0 amide bonds. The molecule has 0 aliphatic carbocycles. The molecular weight excluding hydrogens is 853 g/mol. The first-order chi connectivity index (χ1) is 34.0. The van der Waals surface area contributed by atoms with Crippen LogP contribution < -0.4 is 0 Å². The SMILES string of the molecule is CC\C=C/C=C\C=C/C=C\C=C\C=C/C=C\CCCCCC(=O)OCC(COC(=O)CCCCCCCCCCCCCCC)OC(=O)CCCCC\C=C/C=C\C=C\C=C/C=C\C=C/C=C\CC. The zero-order valence-electron chi connectivity index (χ0n) is 43.5. The van der Waals surface area contributed by atoms with Crippen LogP contribution in [0.3, 0.4) is 0 Å². The lowest BCUT2D eigenvalue weighted by Gasteiger charge is -2.18. The lowest BCUT2D eigenvalue weighted by atomic mass is 10.0. The molecule has 0 saturated heterocycles. The van der Waals surface area contributed by atoms with Crippen molar-refractivity contribution in [1.82, 2.24) is 0 Å². The third-order valence-electron chi connectivity index (χ3n) is 10.6. The van der Waals surface area contributed by atoms with Gasteiger partial charge in [-0.05, 0) is 57.8 Å². The van der Waals surface area contributed by atoms with E-state index >= 15 is 0 Å². The second-order valence-electron chi connectivity index (χ2n) is 17.0. The van der Waals surface area contributed by atoms with Crippen LogP contribution in [0.15, 0.2) is 170 Å². The van der Waals surface area contributed by atoms with E-state index < -0.39 is 6.10 Å².